The Morgan fingerprint density at radius 3 is 2.50 bits per heavy atom. The van der Waals surface area contributed by atoms with E-state index in [1.54, 1.807) is 0 Å². The zero-order valence-electron chi connectivity index (χ0n) is 9.16. The maximum absolute atomic E-state index is 10.9. The quantitative estimate of drug-likeness (QED) is 0.407. The van der Waals surface area contributed by atoms with Crippen molar-refractivity contribution in [3.63, 3.8) is 0 Å². The van der Waals surface area contributed by atoms with E-state index in [9.17, 15) is 15.0 Å². The van der Waals surface area contributed by atoms with Gasteiger partial charge < -0.3 is 30.1 Å². The fraction of sp³-hybridized carbons (Fsp3) is 0.889. The Hall–Kier alpha value is -0.730. The van der Waals surface area contributed by atoms with Crippen molar-refractivity contribution in [2.24, 2.45) is 0 Å². The maximum Gasteiger partial charge on any atom is 0.217 e. The van der Waals surface area contributed by atoms with Gasteiger partial charge in [-0.2, -0.15) is 0 Å². The van der Waals surface area contributed by atoms with E-state index in [-0.39, 0.29) is 5.91 Å². The van der Waals surface area contributed by atoms with E-state index in [1.165, 1.54) is 14.0 Å². The number of methoxy groups -OCH3 is 1. The number of hydrogen-bond acceptors (Lipinski definition) is 6. The number of nitrogens with one attached hydrogen (secondary N) is 1. The molecule has 1 saturated heterocycles. The minimum Gasteiger partial charge on any atom is -0.394 e. The molecule has 0 spiro atoms. The second-order valence-corrected chi connectivity index (χ2v) is 3.67. The number of aliphatic hydroxyl groups excluding tert-OH is 3. The molecule has 7 nitrogen and oxygen atoms in total. The van der Waals surface area contributed by atoms with Crippen LogP contribution in [0.3, 0.4) is 0 Å². The minimum atomic E-state index is -1.27. The van der Waals surface area contributed by atoms with E-state index >= 15 is 0 Å². The molecule has 0 aliphatic carbocycles. The summed E-state index contributed by atoms with van der Waals surface area (Å²) in [6.07, 6.45) is -4.35. The van der Waals surface area contributed by atoms with E-state index in [0.29, 0.717) is 0 Å². The first-order valence-electron chi connectivity index (χ1n) is 4.93. The van der Waals surface area contributed by atoms with E-state index in [0.717, 1.165) is 0 Å². The SMILES string of the molecule is CO[13C@H]1O[C@H](CO)[C@@H](O)[C@H](O)[C@@H]1N[13C]([13CH3])=O. The van der Waals surface area contributed by atoms with Crippen molar-refractivity contribution < 1.29 is 29.6 Å². The first-order chi connectivity index (χ1) is 7.51. The third-order valence-electron chi connectivity index (χ3n) is 2.48. The Kier molecular flexibility index (Phi) is 4.63. The van der Waals surface area contributed by atoms with E-state index in [4.69, 9.17) is 14.6 Å². The van der Waals surface area contributed by atoms with Gasteiger partial charge in [0, 0.05) is 14.0 Å². The number of rotatable bonds is 3. The van der Waals surface area contributed by atoms with Crippen LogP contribution < -0.4 is 5.32 Å². The van der Waals surface area contributed by atoms with E-state index in [1.807, 2.05) is 0 Å². The predicted octanol–water partition coefficient (Wildman–Crippen LogP) is -2.42. The van der Waals surface area contributed by atoms with Crippen LogP contribution >= 0.6 is 0 Å². The zero-order valence-corrected chi connectivity index (χ0v) is 9.16. The highest BCUT2D eigenvalue weighted by atomic mass is 16.8. The van der Waals surface area contributed by atoms with Crippen LogP contribution in [0.4, 0.5) is 0 Å². The molecule has 4 N–H and O–H groups in total. The summed E-state index contributed by atoms with van der Waals surface area (Å²) in [5.41, 5.74) is 0. The van der Waals surface area contributed by atoms with Crippen LogP contribution in [-0.2, 0) is 14.3 Å². The molecule has 0 aromatic rings. The van der Waals surface area contributed by atoms with Gasteiger partial charge in [0.2, 0.25) is 5.91 Å². The third kappa shape index (κ3) is 2.69. The van der Waals surface area contributed by atoms with Gasteiger partial charge in [0.05, 0.1) is 6.61 Å². The zero-order chi connectivity index (χ0) is 12.3. The first-order valence-corrected chi connectivity index (χ1v) is 4.93. The monoisotopic (exact) mass is 238 g/mol. The molecule has 0 bridgehead atoms. The second kappa shape index (κ2) is 5.55. The van der Waals surface area contributed by atoms with Gasteiger partial charge in [0.15, 0.2) is 6.29 Å². The van der Waals surface area contributed by atoms with Gasteiger partial charge in [-0.25, -0.2) is 0 Å². The van der Waals surface area contributed by atoms with E-state index in [2.05, 4.69) is 5.32 Å². The molecule has 5 atom stereocenters. The maximum atomic E-state index is 10.9. The minimum absolute atomic E-state index is 0.371. The predicted molar refractivity (Wildman–Crippen MR) is 52.4 cm³/mol. The van der Waals surface area contributed by atoms with Crippen LogP contribution in [0.2, 0.25) is 0 Å². The average Bonchev–Trinajstić information content (AvgIpc) is 2.25. The highest BCUT2D eigenvalue weighted by Gasteiger charge is 2.44. The van der Waals surface area contributed by atoms with Crippen molar-refractivity contribution in [3.8, 4) is 0 Å². The number of carbonyl (C=O) groups excluding carboxylic acids is 1. The molecule has 1 fully saturated rings. The van der Waals surface area contributed by atoms with Crippen molar-refractivity contribution >= 4 is 5.91 Å². The molecule has 1 amide bonds. The highest BCUT2D eigenvalue weighted by Crippen LogP contribution is 2.21. The largest absolute Gasteiger partial charge is 0.394 e. The number of carbonyl (C=O) groups is 1. The van der Waals surface area contributed by atoms with Crippen LogP contribution in [0.5, 0.6) is 0 Å². The lowest BCUT2D eigenvalue weighted by molar-refractivity contribution is -0.262. The topological polar surface area (TPSA) is 108 Å². The van der Waals surface area contributed by atoms with Gasteiger partial charge in [-0.15, -0.1) is 0 Å². The standard InChI is InChI=1S/C9H17NO6/c1-4(12)10-6-8(14)7(13)5(3-11)16-9(6)15-2/h5-9,11,13-14H,3H2,1-2H3,(H,10,12)/t5-,6+,7-,8-,9+/m1/s1/i1+1,4+1,9+1. The van der Waals surface area contributed by atoms with Crippen LogP contribution in [-0.4, -0.2) is 65.6 Å². The summed E-state index contributed by atoms with van der Waals surface area (Å²) >= 11 is 0. The molecule has 0 aromatic carbocycles. The fourth-order valence-corrected chi connectivity index (χ4v) is 1.67. The molecule has 7 heteroatoms. The Morgan fingerprint density at radius 1 is 1.44 bits per heavy atom. The highest BCUT2D eigenvalue weighted by molar-refractivity contribution is 5.73. The molecule has 1 heterocycles. The van der Waals surface area contributed by atoms with Crippen LogP contribution in [0, 0.1) is 0 Å². The summed E-state index contributed by atoms with van der Waals surface area (Å²) in [4.78, 5) is 10.9. The van der Waals surface area contributed by atoms with Gasteiger partial charge in [0.1, 0.15) is 24.4 Å². The molecule has 1 aliphatic heterocycles. The van der Waals surface area contributed by atoms with Gasteiger partial charge in [-0.3, -0.25) is 4.79 Å². The van der Waals surface area contributed by atoms with Gasteiger partial charge >= 0.3 is 0 Å². The molecule has 0 aromatic heterocycles. The van der Waals surface area contributed by atoms with Crippen molar-refractivity contribution in [2.75, 3.05) is 13.7 Å². The Morgan fingerprint density at radius 2 is 2.06 bits per heavy atom. The molecular weight excluding hydrogens is 221 g/mol. The summed E-state index contributed by atoms with van der Waals surface area (Å²) in [6, 6.07) is -0.861. The van der Waals surface area contributed by atoms with Crippen LogP contribution in [0.1, 0.15) is 6.92 Å². The lowest BCUT2D eigenvalue weighted by Crippen LogP contribution is -2.64. The lowest BCUT2D eigenvalue weighted by atomic mass is 10.0. The molecule has 16 heavy (non-hydrogen) atoms. The summed E-state index contributed by atoms with van der Waals surface area (Å²) in [6.45, 7) is 0.842. The van der Waals surface area contributed by atoms with Gasteiger partial charge in [-0.1, -0.05) is 0 Å². The molecule has 1 aliphatic rings. The average molecular weight is 238 g/mol. The van der Waals surface area contributed by atoms with Crippen molar-refractivity contribution in [1.82, 2.24) is 5.32 Å². The Labute approximate surface area is 93.0 Å². The molecular formula is C9H17NO6. The van der Waals surface area contributed by atoms with Gasteiger partial charge in [-0.05, 0) is 0 Å². The Bertz CT molecular complexity index is 246. The molecule has 0 unspecified atom stereocenters. The van der Waals surface area contributed by atoms with Gasteiger partial charge in [0.25, 0.3) is 0 Å². The number of aliphatic hydroxyl groups is 3. The van der Waals surface area contributed by atoms with Crippen molar-refractivity contribution in [3.05, 3.63) is 0 Å². The second-order valence-electron chi connectivity index (χ2n) is 3.67. The third-order valence-corrected chi connectivity index (χ3v) is 2.48. The van der Waals surface area contributed by atoms with Crippen molar-refractivity contribution in [1.29, 1.82) is 0 Å². The van der Waals surface area contributed by atoms with E-state index < -0.39 is 37.3 Å². The first kappa shape index (κ1) is 13.3. The summed E-state index contributed by atoms with van der Waals surface area (Å²) < 4.78 is 10.1. The summed E-state index contributed by atoms with van der Waals surface area (Å²) in [5, 5.41) is 30.7. The molecule has 0 radical (unpaired) electrons. The molecule has 0 saturated carbocycles. The Balaban J connectivity index is 2.77. The van der Waals surface area contributed by atoms with Crippen LogP contribution in [0.15, 0.2) is 0 Å². The smallest absolute Gasteiger partial charge is 0.217 e. The number of amides is 1. The number of hydrogen-bond donors (Lipinski definition) is 4. The lowest BCUT2D eigenvalue weighted by Gasteiger charge is -2.41. The number of ether oxygens (including phenoxy) is 2. The van der Waals surface area contributed by atoms with Crippen LogP contribution in [0.25, 0.3) is 0 Å². The molecule has 1 rings (SSSR count). The fourth-order valence-electron chi connectivity index (χ4n) is 1.67. The van der Waals surface area contributed by atoms with Crippen molar-refractivity contribution in [2.45, 2.75) is 37.6 Å². The molecule has 94 valence electrons. The summed E-state index contributed by atoms with van der Waals surface area (Å²) in [7, 11) is 1.35. The summed E-state index contributed by atoms with van der Waals surface area (Å²) in [5.74, 6) is -0.371. The normalized spacial score (nSPS) is 39.4.